The third-order valence-corrected chi connectivity index (χ3v) is 5.23. The molecule has 7 heteroatoms. The Kier molecular flexibility index (Phi) is 5.05. The van der Waals surface area contributed by atoms with Gasteiger partial charge in [0.15, 0.2) is 6.61 Å². The van der Waals surface area contributed by atoms with Crippen molar-refractivity contribution in [2.45, 2.75) is 26.2 Å². The van der Waals surface area contributed by atoms with Crippen LogP contribution in [0.4, 0.5) is 14.5 Å². The van der Waals surface area contributed by atoms with Gasteiger partial charge < -0.3 is 15.0 Å². The number of nitrogens with one attached hydrogen (secondary N) is 2. The highest BCUT2D eigenvalue weighted by Gasteiger charge is 2.21. The van der Waals surface area contributed by atoms with E-state index in [4.69, 9.17) is 4.74 Å². The maximum absolute atomic E-state index is 13.6. The molecule has 5 nitrogen and oxygen atoms in total. The van der Waals surface area contributed by atoms with Crippen LogP contribution in [-0.2, 0) is 22.4 Å². The molecule has 1 heterocycles. The number of hydrogen-bond acceptors (Lipinski definition) is 3. The van der Waals surface area contributed by atoms with E-state index in [1.54, 1.807) is 12.1 Å². The molecule has 0 bridgehead atoms. The predicted octanol–water partition coefficient (Wildman–Crippen LogP) is 4.37. The summed E-state index contributed by atoms with van der Waals surface area (Å²) in [7, 11) is 0. The zero-order valence-electron chi connectivity index (χ0n) is 15.9. The number of aromatic amines is 1. The Morgan fingerprint density at radius 3 is 2.72 bits per heavy atom. The average molecular weight is 398 g/mol. The van der Waals surface area contributed by atoms with Crippen molar-refractivity contribution in [1.82, 2.24) is 4.98 Å². The van der Waals surface area contributed by atoms with E-state index < -0.39 is 35.8 Å². The van der Waals surface area contributed by atoms with Gasteiger partial charge in [-0.15, -0.1) is 0 Å². The summed E-state index contributed by atoms with van der Waals surface area (Å²) in [4.78, 5) is 27.7. The molecule has 2 aromatic carbocycles. The normalized spacial score (nSPS) is 15.8. The minimum atomic E-state index is -0.901. The van der Waals surface area contributed by atoms with Gasteiger partial charge in [0, 0.05) is 16.6 Å². The number of amides is 1. The third-order valence-electron chi connectivity index (χ3n) is 5.23. The lowest BCUT2D eigenvalue weighted by Crippen LogP contribution is -2.22. The molecule has 1 unspecified atom stereocenters. The van der Waals surface area contributed by atoms with Gasteiger partial charge in [0.05, 0.1) is 5.56 Å². The second-order valence-electron chi connectivity index (χ2n) is 7.41. The molecule has 0 spiro atoms. The van der Waals surface area contributed by atoms with E-state index in [2.05, 4.69) is 17.2 Å². The van der Waals surface area contributed by atoms with Gasteiger partial charge in [-0.1, -0.05) is 13.0 Å². The van der Waals surface area contributed by atoms with Crippen molar-refractivity contribution in [1.29, 1.82) is 0 Å². The van der Waals surface area contributed by atoms with Gasteiger partial charge in [-0.2, -0.15) is 0 Å². The Labute approximate surface area is 166 Å². The molecule has 1 amide bonds. The number of aryl methyl sites for hydroxylation is 1. The number of benzene rings is 2. The largest absolute Gasteiger partial charge is 0.452 e. The van der Waals surface area contributed by atoms with Crippen molar-refractivity contribution in [3.05, 3.63) is 64.9 Å². The Morgan fingerprint density at radius 1 is 1.21 bits per heavy atom. The molecule has 150 valence electrons. The number of esters is 1. The first kappa shape index (κ1) is 19.1. The Morgan fingerprint density at radius 2 is 1.97 bits per heavy atom. The van der Waals surface area contributed by atoms with Crippen LogP contribution >= 0.6 is 0 Å². The second-order valence-corrected chi connectivity index (χ2v) is 7.41. The van der Waals surface area contributed by atoms with Crippen LogP contribution in [0.2, 0.25) is 0 Å². The van der Waals surface area contributed by atoms with Crippen LogP contribution in [0.25, 0.3) is 10.9 Å². The Bertz CT molecular complexity index is 1090. The number of hydrogen-bond donors (Lipinski definition) is 2. The zero-order chi connectivity index (χ0) is 20.5. The number of rotatable bonds is 4. The molecule has 0 radical (unpaired) electrons. The van der Waals surface area contributed by atoms with E-state index >= 15 is 0 Å². The number of halogens is 2. The SMILES string of the molecule is CC1CCc2[nH]c3ccc(C(=O)OCC(=O)Nc4c(F)cccc4F)cc3c2C1. The van der Waals surface area contributed by atoms with E-state index in [1.165, 1.54) is 17.3 Å². The summed E-state index contributed by atoms with van der Waals surface area (Å²) in [5.74, 6) is -2.71. The van der Waals surface area contributed by atoms with Crippen molar-refractivity contribution < 1.29 is 23.1 Å². The van der Waals surface area contributed by atoms with Crippen LogP contribution in [0.5, 0.6) is 0 Å². The number of para-hydroxylation sites is 1. The van der Waals surface area contributed by atoms with E-state index in [0.29, 0.717) is 11.5 Å². The lowest BCUT2D eigenvalue weighted by molar-refractivity contribution is -0.119. The van der Waals surface area contributed by atoms with Crippen molar-refractivity contribution in [2.75, 3.05) is 11.9 Å². The maximum atomic E-state index is 13.6. The summed E-state index contributed by atoms with van der Waals surface area (Å²) in [6, 6.07) is 8.46. The molecule has 0 aliphatic heterocycles. The molecular weight excluding hydrogens is 378 g/mol. The summed E-state index contributed by atoms with van der Waals surface area (Å²) >= 11 is 0. The van der Waals surface area contributed by atoms with Crippen molar-refractivity contribution in [2.24, 2.45) is 5.92 Å². The molecule has 1 atom stereocenters. The van der Waals surface area contributed by atoms with Gasteiger partial charge in [-0.05, 0) is 61.1 Å². The van der Waals surface area contributed by atoms with Crippen LogP contribution in [0.15, 0.2) is 36.4 Å². The smallest absolute Gasteiger partial charge is 0.338 e. The van der Waals surface area contributed by atoms with Gasteiger partial charge in [0.25, 0.3) is 5.91 Å². The van der Waals surface area contributed by atoms with Crippen LogP contribution in [0, 0.1) is 17.6 Å². The highest BCUT2D eigenvalue weighted by atomic mass is 19.1. The molecule has 0 saturated carbocycles. The molecule has 1 aromatic heterocycles. The maximum Gasteiger partial charge on any atom is 0.338 e. The summed E-state index contributed by atoms with van der Waals surface area (Å²) in [5, 5.41) is 3.07. The monoisotopic (exact) mass is 398 g/mol. The van der Waals surface area contributed by atoms with Gasteiger partial charge in [0.2, 0.25) is 0 Å². The first-order valence-electron chi connectivity index (χ1n) is 9.47. The zero-order valence-corrected chi connectivity index (χ0v) is 15.9. The summed E-state index contributed by atoms with van der Waals surface area (Å²) in [6.45, 7) is 1.56. The first-order valence-corrected chi connectivity index (χ1v) is 9.47. The Balaban J connectivity index is 1.45. The van der Waals surface area contributed by atoms with E-state index in [9.17, 15) is 18.4 Å². The van der Waals surface area contributed by atoms with E-state index in [0.717, 1.165) is 42.3 Å². The number of carbonyl (C=O) groups excluding carboxylic acids is 2. The fourth-order valence-corrected chi connectivity index (χ4v) is 3.73. The van der Waals surface area contributed by atoms with E-state index in [-0.39, 0.29) is 0 Å². The van der Waals surface area contributed by atoms with Crippen LogP contribution in [-0.4, -0.2) is 23.5 Å². The fraction of sp³-hybridized carbons (Fsp3) is 0.273. The quantitative estimate of drug-likeness (QED) is 0.642. The first-order chi connectivity index (χ1) is 13.9. The van der Waals surface area contributed by atoms with Crippen LogP contribution in [0.1, 0.15) is 35.0 Å². The number of H-pyrrole nitrogens is 1. The topological polar surface area (TPSA) is 71.2 Å². The second kappa shape index (κ2) is 7.66. The van der Waals surface area contributed by atoms with Crippen LogP contribution < -0.4 is 5.32 Å². The minimum absolute atomic E-state index is 0.322. The molecule has 0 saturated heterocycles. The van der Waals surface area contributed by atoms with Gasteiger partial charge in [-0.3, -0.25) is 4.79 Å². The molecular formula is C22H20F2N2O3. The predicted molar refractivity (Wildman–Crippen MR) is 105 cm³/mol. The van der Waals surface area contributed by atoms with Gasteiger partial charge in [-0.25, -0.2) is 13.6 Å². The number of aromatic nitrogens is 1. The number of anilines is 1. The molecule has 2 N–H and O–H groups in total. The average Bonchev–Trinajstić information content (AvgIpc) is 3.06. The fourth-order valence-electron chi connectivity index (χ4n) is 3.73. The standard InChI is InChI=1S/C22H20F2N2O3/c1-12-5-7-18-14(9-12)15-10-13(6-8-19(15)25-18)22(28)29-11-20(27)26-21-16(23)3-2-4-17(21)24/h2-4,6,8,10,12,25H,5,7,9,11H2,1H3,(H,26,27). The highest BCUT2D eigenvalue weighted by molar-refractivity contribution is 5.98. The Hall–Kier alpha value is -3.22. The molecule has 1 aliphatic rings. The number of ether oxygens (including phenoxy) is 1. The molecule has 4 rings (SSSR count). The molecule has 3 aromatic rings. The third kappa shape index (κ3) is 3.85. The summed E-state index contributed by atoms with van der Waals surface area (Å²) in [5.41, 5.74) is 3.15. The molecule has 0 fully saturated rings. The lowest BCUT2D eigenvalue weighted by atomic mass is 9.87. The lowest BCUT2D eigenvalue weighted by Gasteiger charge is -2.18. The van der Waals surface area contributed by atoms with E-state index in [1.807, 2.05) is 6.07 Å². The number of fused-ring (bicyclic) bond motifs is 3. The van der Waals surface area contributed by atoms with Crippen molar-refractivity contribution in [3.63, 3.8) is 0 Å². The molecule has 29 heavy (non-hydrogen) atoms. The van der Waals surface area contributed by atoms with Crippen molar-refractivity contribution >= 4 is 28.5 Å². The number of carbonyl (C=O) groups is 2. The van der Waals surface area contributed by atoms with Gasteiger partial charge >= 0.3 is 5.97 Å². The highest BCUT2D eigenvalue weighted by Crippen LogP contribution is 2.32. The van der Waals surface area contributed by atoms with Crippen LogP contribution in [0.3, 0.4) is 0 Å². The van der Waals surface area contributed by atoms with Crippen molar-refractivity contribution in [3.8, 4) is 0 Å². The molecule has 1 aliphatic carbocycles. The summed E-state index contributed by atoms with van der Waals surface area (Å²) < 4.78 is 32.2. The minimum Gasteiger partial charge on any atom is -0.452 e. The van der Waals surface area contributed by atoms with Gasteiger partial charge in [0.1, 0.15) is 17.3 Å². The summed E-state index contributed by atoms with van der Waals surface area (Å²) in [6.07, 6.45) is 3.06.